The summed E-state index contributed by atoms with van der Waals surface area (Å²) in [6.07, 6.45) is 4.37. The first kappa shape index (κ1) is 14.2. The van der Waals surface area contributed by atoms with Gasteiger partial charge in [0.05, 0.1) is 5.69 Å². The van der Waals surface area contributed by atoms with Crippen LogP contribution in [0.4, 0.5) is 14.5 Å². The van der Waals surface area contributed by atoms with Gasteiger partial charge in [0.1, 0.15) is 4.99 Å². The third kappa shape index (κ3) is 2.71. The number of thiocarbonyl (C=S) groups is 1. The molecular formula is C14H18F2N2S. The zero-order valence-electron chi connectivity index (χ0n) is 11.0. The first-order valence-electron chi connectivity index (χ1n) is 6.60. The Hall–Kier alpha value is -1.23. The molecule has 0 atom stereocenters. The number of nitrogens with two attached hydrogens (primary N) is 1. The lowest BCUT2D eigenvalue weighted by molar-refractivity contribution is 0.498. The molecule has 2 nitrogen and oxygen atoms in total. The maximum Gasteiger partial charge on any atom is 0.182 e. The summed E-state index contributed by atoms with van der Waals surface area (Å²) in [5.74, 6) is -1.79. The van der Waals surface area contributed by atoms with E-state index in [1.807, 2.05) is 11.8 Å². The van der Waals surface area contributed by atoms with Crippen LogP contribution in [0.5, 0.6) is 0 Å². The number of halogens is 2. The van der Waals surface area contributed by atoms with Crippen molar-refractivity contribution in [2.75, 3.05) is 11.4 Å². The maximum atomic E-state index is 14.2. The Morgan fingerprint density at radius 3 is 2.47 bits per heavy atom. The third-order valence-electron chi connectivity index (χ3n) is 3.74. The molecule has 5 heteroatoms. The van der Waals surface area contributed by atoms with Crippen molar-refractivity contribution in [1.29, 1.82) is 0 Å². The summed E-state index contributed by atoms with van der Waals surface area (Å²) in [5.41, 5.74) is 5.66. The fourth-order valence-corrected chi connectivity index (χ4v) is 2.95. The van der Waals surface area contributed by atoms with Crippen LogP contribution < -0.4 is 10.6 Å². The van der Waals surface area contributed by atoms with Gasteiger partial charge >= 0.3 is 0 Å². The molecule has 1 saturated carbocycles. The first-order chi connectivity index (χ1) is 9.06. The second-order valence-corrected chi connectivity index (χ2v) is 5.29. The number of nitrogens with zero attached hydrogens (tertiary/aromatic N) is 1. The zero-order valence-corrected chi connectivity index (χ0v) is 11.8. The van der Waals surface area contributed by atoms with Crippen molar-refractivity contribution >= 4 is 22.9 Å². The van der Waals surface area contributed by atoms with Crippen molar-refractivity contribution in [2.24, 2.45) is 5.73 Å². The van der Waals surface area contributed by atoms with Gasteiger partial charge in [0.25, 0.3) is 0 Å². The average molecular weight is 284 g/mol. The minimum Gasteiger partial charge on any atom is -0.389 e. The van der Waals surface area contributed by atoms with Gasteiger partial charge in [-0.3, -0.25) is 0 Å². The van der Waals surface area contributed by atoms with Crippen molar-refractivity contribution < 1.29 is 8.78 Å². The molecule has 1 aliphatic rings. The summed E-state index contributed by atoms with van der Waals surface area (Å²) in [7, 11) is 0. The first-order valence-corrected chi connectivity index (χ1v) is 7.01. The van der Waals surface area contributed by atoms with E-state index >= 15 is 0 Å². The number of rotatable bonds is 4. The Morgan fingerprint density at radius 1 is 1.32 bits per heavy atom. The zero-order chi connectivity index (χ0) is 14.0. The SMILES string of the molecule is CCN(c1ccc(C(N)=S)c(F)c1F)C1CCCC1. The molecule has 0 amide bonds. The molecule has 0 aromatic heterocycles. The molecule has 1 fully saturated rings. The predicted molar refractivity (Wildman–Crippen MR) is 77.5 cm³/mol. The smallest absolute Gasteiger partial charge is 0.182 e. The van der Waals surface area contributed by atoms with E-state index in [4.69, 9.17) is 18.0 Å². The Kier molecular flexibility index (Phi) is 4.34. The van der Waals surface area contributed by atoms with Crippen LogP contribution >= 0.6 is 12.2 Å². The molecule has 1 aliphatic carbocycles. The molecule has 0 radical (unpaired) electrons. The van der Waals surface area contributed by atoms with Crippen molar-refractivity contribution in [1.82, 2.24) is 0 Å². The lowest BCUT2D eigenvalue weighted by Crippen LogP contribution is -2.34. The number of anilines is 1. The lowest BCUT2D eigenvalue weighted by atomic mass is 10.1. The van der Waals surface area contributed by atoms with E-state index in [0.717, 1.165) is 25.7 Å². The quantitative estimate of drug-likeness (QED) is 0.860. The molecule has 2 N–H and O–H groups in total. The van der Waals surface area contributed by atoms with Gasteiger partial charge in [0.15, 0.2) is 11.6 Å². The van der Waals surface area contributed by atoms with E-state index in [-0.39, 0.29) is 10.6 Å². The van der Waals surface area contributed by atoms with Crippen LogP contribution in [0.3, 0.4) is 0 Å². The summed E-state index contributed by atoms with van der Waals surface area (Å²) in [5, 5.41) is 0. The molecule has 0 heterocycles. The minimum absolute atomic E-state index is 0.0290. The number of hydrogen-bond donors (Lipinski definition) is 1. The fourth-order valence-electron chi connectivity index (χ4n) is 2.79. The van der Waals surface area contributed by atoms with Crippen molar-refractivity contribution in [3.8, 4) is 0 Å². The van der Waals surface area contributed by atoms with Crippen LogP contribution in [-0.4, -0.2) is 17.6 Å². The highest BCUT2D eigenvalue weighted by Crippen LogP contribution is 2.31. The summed E-state index contributed by atoms with van der Waals surface area (Å²) >= 11 is 4.71. The topological polar surface area (TPSA) is 29.3 Å². The second-order valence-electron chi connectivity index (χ2n) is 4.85. The third-order valence-corrected chi connectivity index (χ3v) is 3.96. The molecule has 2 rings (SSSR count). The van der Waals surface area contributed by atoms with E-state index in [1.165, 1.54) is 6.07 Å². The van der Waals surface area contributed by atoms with Crippen LogP contribution in [0.25, 0.3) is 0 Å². The fraction of sp³-hybridized carbons (Fsp3) is 0.500. The van der Waals surface area contributed by atoms with Gasteiger partial charge in [-0.05, 0) is 31.9 Å². The van der Waals surface area contributed by atoms with Crippen molar-refractivity contribution in [3.05, 3.63) is 29.3 Å². The summed E-state index contributed by atoms with van der Waals surface area (Å²) in [6.45, 7) is 2.62. The van der Waals surface area contributed by atoms with Crippen LogP contribution in [0, 0.1) is 11.6 Å². The second kappa shape index (κ2) is 5.82. The maximum absolute atomic E-state index is 14.2. The molecule has 104 valence electrons. The van der Waals surface area contributed by atoms with E-state index < -0.39 is 11.6 Å². The lowest BCUT2D eigenvalue weighted by Gasteiger charge is -2.30. The molecule has 0 aliphatic heterocycles. The van der Waals surface area contributed by atoms with Gasteiger partial charge < -0.3 is 10.6 Å². The molecule has 0 saturated heterocycles. The average Bonchev–Trinajstić information content (AvgIpc) is 2.89. The van der Waals surface area contributed by atoms with Crippen LogP contribution in [0.2, 0.25) is 0 Å². The Labute approximate surface area is 117 Å². The van der Waals surface area contributed by atoms with E-state index in [1.54, 1.807) is 6.07 Å². The molecule has 1 aromatic carbocycles. The predicted octanol–water partition coefficient (Wildman–Crippen LogP) is 3.37. The molecule has 0 unspecified atom stereocenters. The van der Waals surface area contributed by atoms with Crippen LogP contribution in [0.15, 0.2) is 12.1 Å². The van der Waals surface area contributed by atoms with Gasteiger partial charge in [0.2, 0.25) is 0 Å². The molecule has 0 spiro atoms. The summed E-state index contributed by atoms with van der Waals surface area (Å²) in [6, 6.07) is 3.34. The van der Waals surface area contributed by atoms with E-state index in [0.29, 0.717) is 18.3 Å². The normalized spacial score (nSPS) is 15.7. The van der Waals surface area contributed by atoms with Gasteiger partial charge in [0, 0.05) is 18.2 Å². The van der Waals surface area contributed by atoms with Gasteiger partial charge in [-0.25, -0.2) is 8.78 Å². The molecule has 1 aromatic rings. The van der Waals surface area contributed by atoms with Gasteiger partial charge in [-0.2, -0.15) is 0 Å². The Bertz CT molecular complexity index is 485. The minimum atomic E-state index is -0.943. The van der Waals surface area contributed by atoms with Crippen molar-refractivity contribution in [2.45, 2.75) is 38.6 Å². The number of benzene rings is 1. The van der Waals surface area contributed by atoms with Gasteiger partial charge in [-0.1, -0.05) is 25.1 Å². The molecule has 19 heavy (non-hydrogen) atoms. The standard InChI is InChI=1S/C14H18F2N2S/c1-2-18(9-5-3-4-6-9)11-8-7-10(14(17)19)12(15)13(11)16/h7-9H,2-6H2,1H3,(H2,17,19). The van der Waals surface area contributed by atoms with E-state index in [2.05, 4.69) is 0 Å². The van der Waals surface area contributed by atoms with E-state index in [9.17, 15) is 8.78 Å². The van der Waals surface area contributed by atoms with Crippen LogP contribution in [0.1, 0.15) is 38.2 Å². The number of hydrogen-bond acceptors (Lipinski definition) is 2. The van der Waals surface area contributed by atoms with Crippen LogP contribution in [-0.2, 0) is 0 Å². The summed E-state index contributed by atoms with van der Waals surface area (Å²) in [4.78, 5) is 1.82. The molecule has 0 bridgehead atoms. The largest absolute Gasteiger partial charge is 0.389 e. The van der Waals surface area contributed by atoms with Crippen molar-refractivity contribution in [3.63, 3.8) is 0 Å². The highest BCUT2D eigenvalue weighted by molar-refractivity contribution is 7.80. The summed E-state index contributed by atoms with van der Waals surface area (Å²) < 4.78 is 28.1. The Morgan fingerprint density at radius 2 is 1.95 bits per heavy atom. The van der Waals surface area contributed by atoms with Gasteiger partial charge in [-0.15, -0.1) is 0 Å². The Balaban J connectivity index is 2.38. The molecular weight excluding hydrogens is 266 g/mol. The monoisotopic (exact) mass is 284 g/mol. The highest BCUT2D eigenvalue weighted by atomic mass is 32.1. The highest BCUT2D eigenvalue weighted by Gasteiger charge is 2.25.